The van der Waals surface area contributed by atoms with Crippen molar-refractivity contribution >= 4 is 11.8 Å². The van der Waals surface area contributed by atoms with Gasteiger partial charge in [-0.3, -0.25) is 9.59 Å². The molecule has 25 heavy (non-hydrogen) atoms. The molecular weight excluding hydrogens is 321 g/mol. The molecule has 0 bridgehead atoms. The summed E-state index contributed by atoms with van der Waals surface area (Å²) in [4.78, 5) is 25.9. The number of carbonyl (C=O) groups excluding carboxylic acids is 2. The Labute approximate surface area is 145 Å². The molecule has 2 amide bonds. The van der Waals surface area contributed by atoms with E-state index in [4.69, 9.17) is 5.26 Å². The lowest BCUT2D eigenvalue weighted by molar-refractivity contribution is -0.130. The fourth-order valence-corrected chi connectivity index (χ4v) is 2.40. The molecule has 0 aliphatic heterocycles. The Kier molecular flexibility index (Phi) is 6.24. The third-order valence-corrected chi connectivity index (χ3v) is 3.71. The van der Waals surface area contributed by atoms with Gasteiger partial charge in [0.2, 0.25) is 0 Å². The van der Waals surface area contributed by atoms with Crippen LogP contribution >= 0.6 is 0 Å². The van der Waals surface area contributed by atoms with E-state index in [-0.39, 0.29) is 18.5 Å². The van der Waals surface area contributed by atoms with Crippen molar-refractivity contribution in [1.29, 1.82) is 5.26 Å². The van der Waals surface area contributed by atoms with E-state index in [1.807, 2.05) is 30.3 Å². The Balaban J connectivity index is 2.25. The van der Waals surface area contributed by atoms with Crippen molar-refractivity contribution in [2.45, 2.75) is 19.4 Å². The minimum atomic E-state index is -0.964. The highest BCUT2D eigenvalue weighted by Crippen LogP contribution is 2.10. The largest absolute Gasteiger partial charge is 0.340 e. The van der Waals surface area contributed by atoms with Crippen LogP contribution < -0.4 is 5.32 Å². The zero-order valence-corrected chi connectivity index (χ0v) is 13.8. The van der Waals surface area contributed by atoms with E-state index >= 15 is 0 Å². The van der Waals surface area contributed by atoms with Crippen molar-refractivity contribution in [3.8, 4) is 6.19 Å². The molecule has 128 valence electrons. The van der Waals surface area contributed by atoms with Crippen molar-refractivity contribution in [3.05, 3.63) is 71.5 Å². The van der Waals surface area contributed by atoms with E-state index in [1.54, 1.807) is 19.2 Å². The number of nitriles is 1. The quantitative estimate of drug-likeness (QED) is 0.649. The highest BCUT2D eigenvalue weighted by Gasteiger charge is 2.26. The number of nitrogens with one attached hydrogen (secondary N) is 1. The van der Waals surface area contributed by atoms with Crippen molar-refractivity contribution < 1.29 is 14.0 Å². The zero-order chi connectivity index (χ0) is 18.2. The summed E-state index contributed by atoms with van der Waals surface area (Å²) < 4.78 is 13.8. The van der Waals surface area contributed by atoms with Gasteiger partial charge in [-0.1, -0.05) is 42.5 Å². The first kappa shape index (κ1) is 18.1. The van der Waals surface area contributed by atoms with Crippen LogP contribution in [-0.4, -0.2) is 29.3 Å². The van der Waals surface area contributed by atoms with Gasteiger partial charge in [-0.15, -0.1) is 0 Å². The van der Waals surface area contributed by atoms with E-state index in [0.717, 1.165) is 10.5 Å². The minimum Gasteiger partial charge on any atom is -0.340 e. The van der Waals surface area contributed by atoms with Crippen LogP contribution in [0.5, 0.6) is 0 Å². The van der Waals surface area contributed by atoms with E-state index in [9.17, 15) is 14.0 Å². The standard InChI is InChI=1S/C19H18FN3O2/c1-2-23(13-21)19(25)17(12-14-8-4-3-5-9-14)22-18(24)15-10-6-7-11-16(15)20/h3-11,17H,2,12H2,1H3,(H,22,24). The van der Waals surface area contributed by atoms with Crippen LogP contribution in [0.1, 0.15) is 22.8 Å². The lowest BCUT2D eigenvalue weighted by Gasteiger charge is -2.22. The first-order valence-corrected chi connectivity index (χ1v) is 7.87. The third kappa shape index (κ3) is 4.64. The van der Waals surface area contributed by atoms with Crippen LogP contribution in [0, 0.1) is 17.3 Å². The Morgan fingerprint density at radius 1 is 1.16 bits per heavy atom. The SMILES string of the molecule is CCN(C#N)C(=O)C(Cc1ccccc1)NC(=O)c1ccccc1F. The smallest absolute Gasteiger partial charge is 0.258 e. The molecule has 0 aliphatic carbocycles. The molecule has 1 unspecified atom stereocenters. The third-order valence-electron chi connectivity index (χ3n) is 3.71. The maximum absolute atomic E-state index is 13.8. The number of amides is 2. The molecule has 2 rings (SSSR count). The van der Waals surface area contributed by atoms with Crippen LogP contribution in [0.3, 0.4) is 0 Å². The van der Waals surface area contributed by atoms with Gasteiger partial charge in [-0.2, -0.15) is 5.26 Å². The number of nitrogens with zero attached hydrogens (tertiary/aromatic N) is 2. The van der Waals surface area contributed by atoms with Gasteiger partial charge in [-0.05, 0) is 24.6 Å². The van der Waals surface area contributed by atoms with Gasteiger partial charge in [0.05, 0.1) is 5.56 Å². The predicted octanol–water partition coefficient (Wildman–Crippen LogP) is 2.50. The fourth-order valence-electron chi connectivity index (χ4n) is 2.40. The maximum Gasteiger partial charge on any atom is 0.258 e. The summed E-state index contributed by atoms with van der Waals surface area (Å²) in [7, 11) is 0. The Bertz CT molecular complexity index is 787. The molecule has 2 aromatic rings. The van der Waals surface area contributed by atoms with Crippen molar-refractivity contribution in [3.63, 3.8) is 0 Å². The first-order valence-electron chi connectivity index (χ1n) is 7.87. The molecule has 0 fully saturated rings. The Hall–Kier alpha value is -3.20. The summed E-state index contributed by atoms with van der Waals surface area (Å²) in [5.41, 5.74) is 0.678. The molecule has 0 spiro atoms. The first-order chi connectivity index (χ1) is 12.1. The maximum atomic E-state index is 13.8. The van der Waals surface area contributed by atoms with E-state index in [1.165, 1.54) is 18.2 Å². The second kappa shape index (κ2) is 8.60. The fraction of sp³-hybridized carbons (Fsp3) is 0.211. The predicted molar refractivity (Wildman–Crippen MR) is 90.8 cm³/mol. The molecule has 0 saturated heterocycles. The topological polar surface area (TPSA) is 73.2 Å². The normalized spacial score (nSPS) is 11.2. The molecule has 2 aromatic carbocycles. The minimum absolute atomic E-state index is 0.145. The molecule has 1 atom stereocenters. The lowest BCUT2D eigenvalue weighted by Crippen LogP contribution is -2.48. The summed E-state index contributed by atoms with van der Waals surface area (Å²) >= 11 is 0. The highest BCUT2D eigenvalue weighted by molar-refractivity contribution is 5.98. The molecule has 0 aliphatic rings. The van der Waals surface area contributed by atoms with Gasteiger partial charge < -0.3 is 5.32 Å². The summed E-state index contributed by atoms with van der Waals surface area (Å²) in [6.07, 6.45) is 2.01. The van der Waals surface area contributed by atoms with E-state index in [2.05, 4.69) is 5.32 Å². The molecule has 0 radical (unpaired) electrons. The number of rotatable bonds is 6. The van der Waals surface area contributed by atoms with Crippen LogP contribution in [-0.2, 0) is 11.2 Å². The van der Waals surface area contributed by atoms with E-state index < -0.39 is 23.7 Å². The average Bonchev–Trinajstić information content (AvgIpc) is 2.63. The molecule has 1 N–H and O–H groups in total. The molecule has 5 nitrogen and oxygen atoms in total. The van der Waals surface area contributed by atoms with Crippen molar-refractivity contribution in [2.75, 3.05) is 6.54 Å². The van der Waals surface area contributed by atoms with Crippen molar-refractivity contribution in [2.24, 2.45) is 0 Å². The number of hydrogen-bond donors (Lipinski definition) is 1. The van der Waals surface area contributed by atoms with Gasteiger partial charge in [0, 0.05) is 13.0 Å². The van der Waals surface area contributed by atoms with Gasteiger partial charge in [0.25, 0.3) is 11.8 Å². The number of benzene rings is 2. The number of hydrogen-bond acceptors (Lipinski definition) is 3. The monoisotopic (exact) mass is 339 g/mol. The van der Waals surface area contributed by atoms with Gasteiger partial charge in [-0.25, -0.2) is 9.29 Å². The molecule has 0 saturated carbocycles. The van der Waals surface area contributed by atoms with Gasteiger partial charge >= 0.3 is 0 Å². The van der Waals surface area contributed by atoms with E-state index in [0.29, 0.717) is 0 Å². The summed E-state index contributed by atoms with van der Waals surface area (Å²) in [5.74, 6) is -1.89. The summed E-state index contributed by atoms with van der Waals surface area (Å²) in [6.45, 7) is 1.86. The Morgan fingerprint density at radius 3 is 2.40 bits per heavy atom. The average molecular weight is 339 g/mol. The number of carbonyl (C=O) groups is 2. The number of likely N-dealkylation sites (N-methyl/N-ethyl adjacent to an activating group) is 1. The molecule has 0 heterocycles. The van der Waals surface area contributed by atoms with Crippen molar-refractivity contribution in [1.82, 2.24) is 10.2 Å². The zero-order valence-electron chi connectivity index (χ0n) is 13.8. The highest BCUT2D eigenvalue weighted by atomic mass is 19.1. The van der Waals surface area contributed by atoms with Crippen LogP contribution in [0.2, 0.25) is 0 Å². The Morgan fingerprint density at radius 2 is 1.80 bits per heavy atom. The van der Waals surface area contributed by atoms with Gasteiger partial charge in [0.15, 0.2) is 6.19 Å². The second-order valence-corrected chi connectivity index (χ2v) is 5.38. The summed E-state index contributed by atoms with van der Waals surface area (Å²) in [6, 6.07) is 13.7. The van der Waals surface area contributed by atoms with Crippen LogP contribution in [0.15, 0.2) is 54.6 Å². The molecular formula is C19H18FN3O2. The lowest BCUT2D eigenvalue weighted by atomic mass is 10.0. The van der Waals surface area contributed by atoms with Crippen LogP contribution in [0.4, 0.5) is 4.39 Å². The molecule has 0 aromatic heterocycles. The summed E-state index contributed by atoms with van der Waals surface area (Å²) in [5, 5.41) is 11.6. The molecule has 6 heteroatoms. The van der Waals surface area contributed by atoms with Gasteiger partial charge in [0.1, 0.15) is 11.9 Å². The van der Waals surface area contributed by atoms with Crippen LogP contribution in [0.25, 0.3) is 0 Å². The second-order valence-electron chi connectivity index (χ2n) is 5.38. The number of halogens is 1.